The molecule has 2 aromatic rings. The molecule has 3 rings (SSSR count). The van der Waals surface area contributed by atoms with Gasteiger partial charge in [0.25, 0.3) is 0 Å². The van der Waals surface area contributed by atoms with Crippen LogP contribution in [-0.4, -0.2) is 61.8 Å². The summed E-state index contributed by atoms with van der Waals surface area (Å²) in [5, 5.41) is 18.9. The number of anilines is 3. The molecule has 1 aliphatic rings. The van der Waals surface area contributed by atoms with Crippen LogP contribution < -0.4 is 15.5 Å². The summed E-state index contributed by atoms with van der Waals surface area (Å²) in [6, 6.07) is 7.18. The van der Waals surface area contributed by atoms with Crippen molar-refractivity contribution in [1.82, 2.24) is 5.16 Å². The average Bonchev–Trinajstić information content (AvgIpc) is 3.21. The van der Waals surface area contributed by atoms with Crippen LogP contribution in [0.4, 0.5) is 22.0 Å². The number of carbonyl (C=O) groups excluding carboxylic acids is 1. The predicted molar refractivity (Wildman–Crippen MR) is 133 cm³/mol. The number of nitrogens with zero attached hydrogens (tertiary/aromatic N) is 2. The van der Waals surface area contributed by atoms with Crippen molar-refractivity contribution in [1.29, 1.82) is 0 Å². The van der Waals surface area contributed by atoms with E-state index in [1.54, 1.807) is 20.1 Å². The lowest BCUT2D eigenvalue weighted by Crippen LogP contribution is -2.42. The fourth-order valence-electron chi connectivity index (χ4n) is 4.37. The highest BCUT2D eigenvalue weighted by Gasteiger charge is 2.26. The van der Waals surface area contributed by atoms with Crippen LogP contribution in [0.2, 0.25) is 0 Å². The first-order chi connectivity index (χ1) is 16.8. The Morgan fingerprint density at radius 3 is 2.57 bits per heavy atom. The molecular formula is C25H36N4O6. The molecule has 1 unspecified atom stereocenters. The second kappa shape index (κ2) is 12.6. The number of methoxy groups -OCH3 is 1. The summed E-state index contributed by atoms with van der Waals surface area (Å²) in [5.74, 6) is 0.0277. The Morgan fingerprint density at radius 2 is 1.97 bits per heavy atom. The molecule has 3 N–H and O–H groups in total. The summed E-state index contributed by atoms with van der Waals surface area (Å²) >= 11 is 0. The van der Waals surface area contributed by atoms with Gasteiger partial charge in [-0.3, -0.25) is 10.1 Å². The second-order valence-electron chi connectivity index (χ2n) is 9.32. The number of ether oxygens (including phenoxy) is 2. The Hall–Kier alpha value is -3.11. The second-order valence-corrected chi connectivity index (χ2v) is 9.32. The van der Waals surface area contributed by atoms with Crippen molar-refractivity contribution < 1.29 is 28.7 Å². The van der Waals surface area contributed by atoms with Gasteiger partial charge < -0.3 is 29.3 Å². The Balaban J connectivity index is 1.97. The maximum absolute atomic E-state index is 12.9. The van der Waals surface area contributed by atoms with E-state index < -0.39 is 12.0 Å². The molecule has 0 saturated carbocycles. The molecule has 35 heavy (non-hydrogen) atoms. The van der Waals surface area contributed by atoms with E-state index in [1.165, 1.54) is 0 Å². The number of aryl methyl sites for hydroxylation is 1. The van der Waals surface area contributed by atoms with Gasteiger partial charge in [-0.25, -0.2) is 4.79 Å². The minimum Gasteiger partial charge on any atom is -0.481 e. The Kier molecular flexibility index (Phi) is 9.50. The molecule has 2 heterocycles. The number of rotatable bonds is 11. The van der Waals surface area contributed by atoms with E-state index in [1.807, 2.05) is 18.2 Å². The van der Waals surface area contributed by atoms with Crippen LogP contribution in [0.25, 0.3) is 0 Å². The van der Waals surface area contributed by atoms with Crippen LogP contribution in [0.15, 0.2) is 28.8 Å². The molecule has 10 nitrogen and oxygen atoms in total. The third kappa shape index (κ3) is 7.69. The highest BCUT2D eigenvalue weighted by Crippen LogP contribution is 2.35. The molecule has 0 radical (unpaired) electrons. The first-order valence-electron chi connectivity index (χ1n) is 12.0. The summed E-state index contributed by atoms with van der Waals surface area (Å²) in [6.45, 7) is 8.52. The molecule has 1 aromatic heterocycles. The van der Waals surface area contributed by atoms with E-state index in [9.17, 15) is 14.7 Å². The molecule has 1 atom stereocenters. The first-order valence-corrected chi connectivity index (χ1v) is 12.0. The number of amides is 2. The van der Waals surface area contributed by atoms with Gasteiger partial charge in [-0.05, 0) is 43.4 Å². The number of urea groups is 1. The van der Waals surface area contributed by atoms with Gasteiger partial charge in [-0.2, -0.15) is 0 Å². The zero-order chi connectivity index (χ0) is 25.4. The molecule has 0 aliphatic carbocycles. The number of aromatic nitrogens is 1. The molecule has 1 saturated heterocycles. The lowest BCUT2D eigenvalue weighted by Gasteiger charge is -2.38. The molecule has 1 aliphatic heterocycles. The van der Waals surface area contributed by atoms with E-state index in [-0.39, 0.29) is 25.0 Å². The number of benzene rings is 1. The van der Waals surface area contributed by atoms with Gasteiger partial charge in [0, 0.05) is 44.9 Å². The van der Waals surface area contributed by atoms with Gasteiger partial charge in [-0.15, -0.1) is 0 Å². The first kappa shape index (κ1) is 26.5. The number of aliphatic carboxylic acids is 1. The van der Waals surface area contributed by atoms with Crippen LogP contribution >= 0.6 is 0 Å². The van der Waals surface area contributed by atoms with Crippen molar-refractivity contribution in [3.8, 4) is 0 Å². The third-order valence-electron chi connectivity index (χ3n) is 5.90. The van der Waals surface area contributed by atoms with Gasteiger partial charge in [0.1, 0.15) is 5.76 Å². The van der Waals surface area contributed by atoms with E-state index in [0.717, 1.165) is 30.6 Å². The predicted octanol–water partition coefficient (Wildman–Crippen LogP) is 4.47. The Morgan fingerprint density at radius 1 is 1.23 bits per heavy atom. The van der Waals surface area contributed by atoms with Gasteiger partial charge in [0.15, 0.2) is 5.82 Å². The lowest BCUT2D eigenvalue weighted by atomic mass is 9.94. The van der Waals surface area contributed by atoms with Crippen molar-refractivity contribution in [3.05, 3.63) is 35.6 Å². The van der Waals surface area contributed by atoms with Gasteiger partial charge in [0.05, 0.1) is 24.4 Å². The third-order valence-corrected chi connectivity index (χ3v) is 5.90. The summed E-state index contributed by atoms with van der Waals surface area (Å²) in [6.07, 6.45) is 1.71. The Labute approximate surface area is 205 Å². The lowest BCUT2D eigenvalue weighted by molar-refractivity contribution is -0.137. The largest absolute Gasteiger partial charge is 0.481 e. The van der Waals surface area contributed by atoms with Crippen molar-refractivity contribution in [2.75, 3.05) is 49.0 Å². The number of hydrogen-bond acceptors (Lipinski definition) is 7. The minimum atomic E-state index is -0.909. The molecule has 1 fully saturated rings. The van der Waals surface area contributed by atoms with Crippen molar-refractivity contribution >= 4 is 29.2 Å². The monoisotopic (exact) mass is 488 g/mol. The fraction of sp³-hybridized carbons (Fsp3) is 0.560. The molecule has 0 spiro atoms. The molecule has 2 amide bonds. The number of carboxylic acids is 1. The number of hydrogen-bond donors (Lipinski definition) is 3. The van der Waals surface area contributed by atoms with Crippen molar-refractivity contribution in [2.24, 2.45) is 5.92 Å². The number of carboxylic acid groups (broad SMARTS) is 1. The maximum Gasteiger partial charge on any atom is 0.325 e. The van der Waals surface area contributed by atoms with E-state index in [4.69, 9.17) is 14.0 Å². The highest BCUT2D eigenvalue weighted by atomic mass is 16.5. The maximum atomic E-state index is 12.9. The highest BCUT2D eigenvalue weighted by molar-refractivity contribution is 6.01. The van der Waals surface area contributed by atoms with Gasteiger partial charge >= 0.3 is 12.0 Å². The summed E-state index contributed by atoms with van der Waals surface area (Å²) < 4.78 is 15.9. The summed E-state index contributed by atoms with van der Waals surface area (Å²) in [4.78, 5) is 26.7. The summed E-state index contributed by atoms with van der Waals surface area (Å²) in [5.41, 5.74) is 2.26. The topological polar surface area (TPSA) is 126 Å². The number of nitrogens with one attached hydrogen (secondary N) is 2. The van der Waals surface area contributed by atoms with Gasteiger partial charge in [-0.1, -0.05) is 25.1 Å². The normalized spacial score (nSPS) is 15.1. The van der Waals surface area contributed by atoms with E-state index >= 15 is 0 Å². The van der Waals surface area contributed by atoms with Crippen molar-refractivity contribution in [2.45, 2.75) is 52.0 Å². The zero-order valence-electron chi connectivity index (χ0n) is 20.9. The number of carbonyl (C=O) groups is 2. The van der Waals surface area contributed by atoms with Crippen LogP contribution in [0.1, 0.15) is 50.4 Å². The molecule has 192 valence electrons. The minimum absolute atomic E-state index is 0.0767. The standard InChI is InChI=1S/C25H36N4O6/c1-16(2)14-29(20-7-9-34-10-8-20)22-6-5-18(19(15-33-4)13-24(30)31)12-21(22)26-25(32)27-23-11-17(3)35-28-23/h5-6,11-12,16,19-20H,7-10,13-15H2,1-4H3,(H,30,31)(H2,26,27,28,32). The van der Waals surface area contributed by atoms with Crippen molar-refractivity contribution in [3.63, 3.8) is 0 Å². The fourth-order valence-corrected chi connectivity index (χ4v) is 4.37. The smallest absolute Gasteiger partial charge is 0.325 e. The average molecular weight is 489 g/mol. The molecule has 0 bridgehead atoms. The van der Waals surface area contributed by atoms with Crippen LogP contribution in [0.5, 0.6) is 0 Å². The van der Waals surface area contributed by atoms with Crippen LogP contribution in [-0.2, 0) is 14.3 Å². The molecular weight excluding hydrogens is 452 g/mol. The van der Waals surface area contributed by atoms with E-state index in [0.29, 0.717) is 36.4 Å². The van der Waals surface area contributed by atoms with Crippen LogP contribution in [0.3, 0.4) is 0 Å². The molecule has 10 heteroatoms. The summed E-state index contributed by atoms with van der Waals surface area (Å²) in [7, 11) is 1.55. The van der Waals surface area contributed by atoms with E-state index in [2.05, 4.69) is 34.5 Å². The molecule has 1 aromatic carbocycles. The SMILES string of the molecule is COCC(CC(=O)O)c1ccc(N(CC(C)C)C2CCOCC2)c(NC(=O)Nc2cc(C)on2)c1. The zero-order valence-corrected chi connectivity index (χ0v) is 20.9. The van der Waals surface area contributed by atoms with Crippen LogP contribution in [0, 0.1) is 12.8 Å². The Bertz CT molecular complexity index is 986. The van der Waals surface area contributed by atoms with Gasteiger partial charge in [0.2, 0.25) is 0 Å². The quantitative estimate of drug-likeness (QED) is 0.423.